The number of carbonyl (C=O) groups excluding carboxylic acids is 1. The van der Waals surface area contributed by atoms with Gasteiger partial charge in [-0.3, -0.25) is 4.79 Å². The van der Waals surface area contributed by atoms with E-state index < -0.39 is 11.2 Å². The first kappa shape index (κ1) is 11.6. The molecule has 0 bridgehead atoms. The number of rotatable bonds is 2. The minimum Gasteiger partial charge on any atom is -0.349 e. The fraction of sp³-hybridized carbons (Fsp3) is 0.643. The third-order valence-corrected chi connectivity index (χ3v) is 4.15. The molecule has 2 atom stereocenters. The predicted octanol–water partition coefficient (Wildman–Crippen LogP) is 3.04. The second-order valence-electron chi connectivity index (χ2n) is 5.86. The minimum absolute atomic E-state index is 0.0155. The van der Waals surface area contributed by atoms with E-state index in [1.165, 1.54) is 0 Å². The second-order valence-corrected chi connectivity index (χ2v) is 5.86. The third-order valence-electron chi connectivity index (χ3n) is 4.15. The van der Waals surface area contributed by atoms with Gasteiger partial charge in [0.15, 0.2) is 11.4 Å². The van der Waals surface area contributed by atoms with Gasteiger partial charge in [-0.1, -0.05) is 32.1 Å². The van der Waals surface area contributed by atoms with Crippen LogP contribution in [0.25, 0.3) is 0 Å². The number of ether oxygens (including phenoxy) is 1. The van der Waals surface area contributed by atoms with E-state index in [4.69, 9.17) is 4.74 Å². The maximum Gasteiger partial charge on any atom is 0.167 e. The van der Waals surface area contributed by atoms with Crippen LogP contribution in [0, 0.1) is 5.41 Å². The van der Waals surface area contributed by atoms with Crippen molar-refractivity contribution in [2.24, 2.45) is 5.41 Å². The number of hydrogen-bond acceptors (Lipinski definition) is 2. The molecule has 0 spiro atoms. The average molecular weight is 220 g/mol. The molecule has 0 aromatic heterocycles. The maximum atomic E-state index is 11.9. The number of Topliss-reactive ketones (excluding diaryl/α,β-unsaturated/α-hetero) is 1. The van der Waals surface area contributed by atoms with Crippen molar-refractivity contribution in [3.63, 3.8) is 0 Å². The Morgan fingerprint density at radius 2 is 2.06 bits per heavy atom. The number of fused-ring (bicyclic) bond motifs is 1. The molecule has 0 amide bonds. The van der Waals surface area contributed by atoms with E-state index in [9.17, 15) is 4.79 Å². The van der Waals surface area contributed by atoms with Crippen LogP contribution < -0.4 is 0 Å². The summed E-state index contributed by atoms with van der Waals surface area (Å²) < 4.78 is 5.85. The summed E-state index contributed by atoms with van der Waals surface area (Å²) >= 11 is 0. The van der Waals surface area contributed by atoms with Crippen LogP contribution >= 0.6 is 0 Å². The van der Waals surface area contributed by atoms with E-state index >= 15 is 0 Å². The zero-order valence-electron chi connectivity index (χ0n) is 10.6. The lowest BCUT2D eigenvalue weighted by Gasteiger charge is -2.35. The zero-order chi connectivity index (χ0) is 12.2. The van der Waals surface area contributed by atoms with E-state index in [-0.39, 0.29) is 11.2 Å². The first-order valence-corrected chi connectivity index (χ1v) is 5.83. The Morgan fingerprint density at radius 3 is 2.62 bits per heavy atom. The highest BCUT2D eigenvalue weighted by atomic mass is 16.6. The first-order valence-electron chi connectivity index (χ1n) is 5.83. The van der Waals surface area contributed by atoms with Crippen LogP contribution in [0.3, 0.4) is 0 Å². The summed E-state index contributed by atoms with van der Waals surface area (Å²) in [6, 6.07) is 0. The molecule has 88 valence electrons. The molecule has 1 saturated heterocycles. The van der Waals surface area contributed by atoms with Crippen LogP contribution in [0.2, 0.25) is 0 Å². The fourth-order valence-corrected chi connectivity index (χ4v) is 2.87. The molecule has 2 aliphatic rings. The van der Waals surface area contributed by atoms with Crippen molar-refractivity contribution in [1.29, 1.82) is 0 Å². The molecule has 2 fully saturated rings. The van der Waals surface area contributed by atoms with Gasteiger partial charge < -0.3 is 4.74 Å². The van der Waals surface area contributed by atoms with Gasteiger partial charge in [0.25, 0.3) is 0 Å². The summed E-state index contributed by atoms with van der Waals surface area (Å²) in [6.07, 6.45) is 5.52. The van der Waals surface area contributed by atoms with Gasteiger partial charge in [-0.25, -0.2) is 0 Å². The molecule has 1 aliphatic heterocycles. The van der Waals surface area contributed by atoms with Gasteiger partial charge >= 0.3 is 0 Å². The van der Waals surface area contributed by atoms with E-state index in [0.717, 1.165) is 12.0 Å². The molecule has 2 heteroatoms. The van der Waals surface area contributed by atoms with Crippen molar-refractivity contribution in [2.75, 3.05) is 0 Å². The smallest absolute Gasteiger partial charge is 0.167 e. The quantitative estimate of drug-likeness (QED) is 0.529. The number of carbonyl (C=O) groups is 1. The third kappa shape index (κ3) is 1.26. The lowest BCUT2D eigenvalue weighted by Crippen LogP contribution is -2.45. The van der Waals surface area contributed by atoms with Gasteiger partial charge in [0.1, 0.15) is 5.60 Å². The molecule has 1 heterocycles. The van der Waals surface area contributed by atoms with E-state index in [1.54, 1.807) is 0 Å². The van der Waals surface area contributed by atoms with Gasteiger partial charge in [0.05, 0.1) is 0 Å². The predicted molar refractivity (Wildman–Crippen MR) is 64.2 cm³/mol. The summed E-state index contributed by atoms with van der Waals surface area (Å²) in [4.78, 5) is 11.9. The van der Waals surface area contributed by atoms with Gasteiger partial charge in [-0.2, -0.15) is 0 Å². The van der Waals surface area contributed by atoms with Crippen LogP contribution in [0.15, 0.2) is 24.3 Å². The fourth-order valence-electron chi connectivity index (χ4n) is 2.87. The Hall–Kier alpha value is -0.890. The Labute approximate surface area is 97.4 Å². The number of ketones is 1. The van der Waals surface area contributed by atoms with Crippen molar-refractivity contribution < 1.29 is 9.53 Å². The van der Waals surface area contributed by atoms with Crippen LogP contribution in [-0.2, 0) is 9.53 Å². The molecule has 0 aromatic carbocycles. The Morgan fingerprint density at radius 1 is 1.44 bits per heavy atom. The summed E-state index contributed by atoms with van der Waals surface area (Å²) in [7, 11) is 0. The van der Waals surface area contributed by atoms with Crippen molar-refractivity contribution in [2.45, 2.75) is 51.7 Å². The molecule has 0 N–H and O–H groups in total. The summed E-state index contributed by atoms with van der Waals surface area (Å²) in [5, 5.41) is 0. The highest BCUT2D eigenvalue weighted by Crippen LogP contribution is 2.64. The normalized spacial score (nSPS) is 40.9. The standard InChI is InChI=1S/C14H20O2/c1-10(2)6-9-14-12(3,4)8-7-11(15)13(14,5)16-14/h6,9H,1,7-8H2,2-5H3/b9-6+. The van der Waals surface area contributed by atoms with Gasteiger partial charge in [0, 0.05) is 11.8 Å². The molecule has 1 aliphatic carbocycles. The summed E-state index contributed by atoms with van der Waals surface area (Å²) in [5.41, 5.74) is -0.00241. The number of hydrogen-bond donors (Lipinski definition) is 0. The molecule has 1 saturated carbocycles. The van der Waals surface area contributed by atoms with Crippen LogP contribution in [0.1, 0.15) is 40.5 Å². The maximum absolute atomic E-state index is 11.9. The average Bonchev–Trinajstić information content (AvgIpc) is 2.81. The molecular weight excluding hydrogens is 200 g/mol. The lowest BCUT2D eigenvalue weighted by molar-refractivity contribution is -0.125. The zero-order valence-corrected chi connectivity index (χ0v) is 10.6. The highest BCUT2D eigenvalue weighted by molar-refractivity contribution is 5.93. The first-order chi connectivity index (χ1) is 7.25. The lowest BCUT2D eigenvalue weighted by atomic mass is 9.63. The Kier molecular flexibility index (Phi) is 2.22. The van der Waals surface area contributed by atoms with Crippen LogP contribution in [-0.4, -0.2) is 17.0 Å². The van der Waals surface area contributed by atoms with E-state index in [1.807, 2.05) is 26.0 Å². The van der Waals surface area contributed by atoms with Gasteiger partial charge in [-0.05, 0) is 26.3 Å². The molecule has 0 aromatic rings. The van der Waals surface area contributed by atoms with E-state index in [0.29, 0.717) is 6.42 Å². The largest absolute Gasteiger partial charge is 0.349 e. The minimum atomic E-state index is -0.597. The van der Waals surface area contributed by atoms with Crippen molar-refractivity contribution >= 4 is 5.78 Å². The molecule has 2 rings (SSSR count). The van der Waals surface area contributed by atoms with Gasteiger partial charge in [0.2, 0.25) is 0 Å². The van der Waals surface area contributed by atoms with Crippen molar-refractivity contribution in [3.8, 4) is 0 Å². The number of epoxide rings is 1. The van der Waals surface area contributed by atoms with Gasteiger partial charge in [-0.15, -0.1) is 0 Å². The molecular formula is C14H20O2. The van der Waals surface area contributed by atoms with Crippen molar-refractivity contribution in [3.05, 3.63) is 24.3 Å². The second kappa shape index (κ2) is 3.07. The van der Waals surface area contributed by atoms with Crippen LogP contribution in [0.4, 0.5) is 0 Å². The highest BCUT2D eigenvalue weighted by Gasteiger charge is 2.77. The van der Waals surface area contributed by atoms with Crippen molar-refractivity contribution in [1.82, 2.24) is 0 Å². The molecule has 0 radical (unpaired) electrons. The Balaban J connectivity index is 2.38. The Bertz CT molecular complexity index is 392. The van der Waals surface area contributed by atoms with E-state index in [2.05, 4.69) is 20.4 Å². The molecule has 2 unspecified atom stereocenters. The summed E-state index contributed by atoms with van der Waals surface area (Å²) in [5.74, 6) is 0.234. The SMILES string of the molecule is C=C(C)/C=C/C12OC1(C)C(=O)CCC2(C)C. The molecule has 2 nitrogen and oxygen atoms in total. The topological polar surface area (TPSA) is 29.6 Å². The van der Waals surface area contributed by atoms with Crippen LogP contribution in [0.5, 0.6) is 0 Å². The monoisotopic (exact) mass is 220 g/mol. The number of allylic oxidation sites excluding steroid dienone is 2. The molecule has 16 heavy (non-hydrogen) atoms. The summed E-state index contributed by atoms with van der Waals surface area (Å²) in [6.45, 7) is 12.1.